The van der Waals surface area contributed by atoms with Crippen molar-refractivity contribution in [3.63, 3.8) is 0 Å². The average Bonchev–Trinajstić information content (AvgIpc) is 3.77. The second kappa shape index (κ2) is 31.4. The van der Waals surface area contributed by atoms with Crippen molar-refractivity contribution in [1.82, 2.24) is 24.1 Å². The van der Waals surface area contributed by atoms with E-state index in [0.29, 0.717) is 0 Å². The molecule has 6 heterocycles. The first kappa shape index (κ1) is 67.1. The minimum Gasteiger partial charge on any atom is -0.466 e. The first-order valence-electron chi connectivity index (χ1n) is 16.6. The van der Waals surface area contributed by atoms with Gasteiger partial charge in [-0.25, -0.2) is 15.0 Å². The van der Waals surface area contributed by atoms with Crippen molar-refractivity contribution in [2.45, 2.75) is 170 Å². The van der Waals surface area contributed by atoms with Gasteiger partial charge in [0.2, 0.25) is 0 Å². The Morgan fingerprint density at radius 3 is 1.16 bits per heavy atom. The highest BCUT2D eigenvalue weighted by molar-refractivity contribution is 7.12. The molecule has 9 heteroatoms. The van der Waals surface area contributed by atoms with E-state index in [9.17, 15) is 0 Å². The SMILES string of the molecule is C.C.C.C.C.C.C.Cc1cc(C)c(C)o1.Cc1cc(C)c(C)s1.Cc1cc(C)n(C)c1C.Cc1cn(C)c(C)n1.Cc1nc(C)c(C)o1.Cc1nc(C)c(C)s1. The number of nitrogens with zero attached hydrogens (tertiary/aromatic N) is 5. The van der Waals surface area contributed by atoms with Crippen LogP contribution in [-0.4, -0.2) is 24.1 Å². The zero-order valence-electron chi connectivity index (χ0n) is 33.7. The van der Waals surface area contributed by atoms with Crippen molar-refractivity contribution >= 4 is 22.7 Å². The molecule has 326 valence electrons. The third-order valence-corrected chi connectivity index (χ3v) is 10.2. The van der Waals surface area contributed by atoms with Crippen molar-refractivity contribution in [2.75, 3.05) is 0 Å². The summed E-state index contributed by atoms with van der Waals surface area (Å²) in [7, 11) is 4.09. The van der Waals surface area contributed by atoms with E-state index < -0.39 is 0 Å². The Morgan fingerprint density at radius 2 is 1.05 bits per heavy atom. The van der Waals surface area contributed by atoms with Crippen molar-refractivity contribution in [3.05, 3.63) is 118 Å². The molecule has 0 aliphatic carbocycles. The van der Waals surface area contributed by atoms with Gasteiger partial charge in [-0.2, -0.15) is 0 Å². The highest BCUT2D eigenvalue weighted by Crippen LogP contribution is 2.18. The molecular weight excluding hydrogens is 731 g/mol. The smallest absolute Gasteiger partial charge is 0.191 e. The number of thiophene rings is 1. The largest absolute Gasteiger partial charge is 0.466 e. The molecule has 7 nitrogen and oxygen atoms in total. The van der Waals surface area contributed by atoms with Gasteiger partial charge in [0.25, 0.3) is 0 Å². The number of aryl methyl sites for hydroxylation is 17. The molecule has 0 aliphatic heterocycles. The minimum absolute atomic E-state index is 0. The highest BCUT2D eigenvalue weighted by Gasteiger charge is 2.00. The van der Waals surface area contributed by atoms with E-state index in [1.165, 1.54) is 53.4 Å². The summed E-state index contributed by atoms with van der Waals surface area (Å²) >= 11 is 3.63. The maximum atomic E-state index is 5.21. The Bertz CT molecular complexity index is 1500. The lowest BCUT2D eigenvalue weighted by atomic mass is 10.3. The van der Waals surface area contributed by atoms with Gasteiger partial charge in [0, 0.05) is 53.2 Å². The quantitative estimate of drug-likeness (QED) is 0.153. The molecule has 6 aromatic rings. The third-order valence-electron chi connectivity index (χ3n) is 8.11. The van der Waals surface area contributed by atoms with Gasteiger partial charge >= 0.3 is 0 Å². The average molecular weight is 820 g/mol. The van der Waals surface area contributed by atoms with Gasteiger partial charge in [-0.3, -0.25) is 0 Å². The number of aromatic nitrogens is 5. The van der Waals surface area contributed by atoms with Crippen LogP contribution in [0.4, 0.5) is 0 Å². The maximum absolute atomic E-state index is 5.21. The molecule has 0 atom stereocenters. The van der Waals surface area contributed by atoms with Crippen LogP contribution in [0.1, 0.15) is 146 Å². The lowest BCUT2D eigenvalue weighted by molar-refractivity contribution is 0.493. The summed E-state index contributed by atoms with van der Waals surface area (Å²) in [5, 5.41) is 1.17. The lowest BCUT2D eigenvalue weighted by Crippen LogP contribution is -1.92. The van der Waals surface area contributed by atoms with Crippen LogP contribution in [0, 0.1) is 118 Å². The highest BCUT2D eigenvalue weighted by atomic mass is 32.1. The van der Waals surface area contributed by atoms with Crippen LogP contribution in [0.3, 0.4) is 0 Å². The van der Waals surface area contributed by atoms with Gasteiger partial charge in [-0.05, 0) is 146 Å². The fraction of sp³-hybridized carbons (Fsp3) is 0.553. The molecule has 0 bridgehead atoms. The van der Waals surface area contributed by atoms with Crippen molar-refractivity contribution in [3.8, 4) is 0 Å². The number of furan rings is 1. The molecule has 0 spiro atoms. The number of imidazole rings is 1. The molecule has 0 fully saturated rings. The molecule has 0 aromatic carbocycles. The van der Waals surface area contributed by atoms with E-state index in [4.69, 9.17) is 8.83 Å². The molecule has 0 saturated heterocycles. The Kier molecular flexibility index (Phi) is 37.6. The molecule has 0 amide bonds. The third kappa shape index (κ3) is 23.4. The first-order valence-corrected chi connectivity index (χ1v) is 18.2. The normalized spacial score (nSPS) is 8.70. The Morgan fingerprint density at radius 1 is 0.518 bits per heavy atom. The van der Waals surface area contributed by atoms with E-state index >= 15 is 0 Å². The zero-order valence-corrected chi connectivity index (χ0v) is 35.3. The topological polar surface area (TPSA) is 74.8 Å². The predicted octanol–water partition coefficient (Wildman–Crippen LogP) is 16.0. The van der Waals surface area contributed by atoms with Crippen LogP contribution >= 0.6 is 22.7 Å². The Labute approximate surface area is 356 Å². The minimum atomic E-state index is 0. The molecule has 0 saturated carbocycles. The molecule has 0 unspecified atom stereocenters. The van der Waals surface area contributed by atoms with Crippen LogP contribution in [0.2, 0.25) is 0 Å². The summed E-state index contributed by atoms with van der Waals surface area (Å²) in [6.07, 6.45) is 2.01. The van der Waals surface area contributed by atoms with Gasteiger partial charge in [-0.15, -0.1) is 22.7 Å². The molecule has 6 rings (SSSR count). The zero-order chi connectivity index (χ0) is 37.7. The number of oxazole rings is 1. The molecule has 0 radical (unpaired) electrons. The van der Waals surface area contributed by atoms with Gasteiger partial charge in [0.1, 0.15) is 23.1 Å². The van der Waals surface area contributed by atoms with E-state index in [0.717, 1.165) is 40.4 Å². The summed E-state index contributed by atoms with van der Waals surface area (Å²) in [5.41, 5.74) is 10.0. The monoisotopic (exact) mass is 820 g/mol. The predicted molar refractivity (Wildman–Crippen MR) is 258 cm³/mol. The summed E-state index contributed by atoms with van der Waals surface area (Å²) in [5.74, 6) is 4.77. The van der Waals surface area contributed by atoms with Crippen molar-refractivity contribution in [1.29, 1.82) is 0 Å². The van der Waals surface area contributed by atoms with Gasteiger partial charge in [0.15, 0.2) is 5.89 Å². The summed E-state index contributed by atoms with van der Waals surface area (Å²) in [6, 6.07) is 6.46. The molecule has 56 heavy (non-hydrogen) atoms. The summed E-state index contributed by atoms with van der Waals surface area (Å²) < 4.78 is 14.5. The van der Waals surface area contributed by atoms with Crippen LogP contribution in [-0.2, 0) is 14.1 Å². The second-order valence-electron chi connectivity index (χ2n) is 12.6. The van der Waals surface area contributed by atoms with Crippen LogP contribution < -0.4 is 0 Å². The maximum Gasteiger partial charge on any atom is 0.191 e. The van der Waals surface area contributed by atoms with Crippen LogP contribution in [0.25, 0.3) is 0 Å². The van der Waals surface area contributed by atoms with Gasteiger partial charge < -0.3 is 18.0 Å². The van der Waals surface area contributed by atoms with Gasteiger partial charge in [0.05, 0.1) is 22.1 Å². The van der Waals surface area contributed by atoms with Crippen LogP contribution in [0.15, 0.2) is 33.2 Å². The molecule has 0 N–H and O–H groups in total. The van der Waals surface area contributed by atoms with E-state index in [1.807, 2.05) is 104 Å². The van der Waals surface area contributed by atoms with Crippen molar-refractivity contribution < 1.29 is 8.83 Å². The number of thiazole rings is 1. The van der Waals surface area contributed by atoms with E-state index in [2.05, 4.69) is 87.2 Å². The fourth-order valence-corrected chi connectivity index (χ4v) is 6.32. The number of hydrogen-bond acceptors (Lipinski definition) is 7. The first-order chi connectivity index (χ1) is 22.6. The molecular formula is C47H89N5O2S2. The lowest BCUT2D eigenvalue weighted by Gasteiger charge is -1.97. The van der Waals surface area contributed by atoms with E-state index in [1.54, 1.807) is 11.3 Å². The molecule has 0 aliphatic rings. The second-order valence-corrected chi connectivity index (χ2v) is 15.5. The van der Waals surface area contributed by atoms with E-state index in [-0.39, 0.29) is 52.0 Å². The Balaban J connectivity index is -0.000000100. The van der Waals surface area contributed by atoms with Gasteiger partial charge in [-0.1, -0.05) is 52.0 Å². The Hall–Kier alpha value is -3.69. The van der Waals surface area contributed by atoms with Crippen molar-refractivity contribution in [2.24, 2.45) is 14.1 Å². The standard InChI is InChI=1S/C8H13N.C7H10O.C7H10S.C6H10N2.C6H9NO.C6H9NS.7CH4/c1-6-5-7(2)9(4)8(6)3;2*1-5-4-6(2)8-7(5)3;1-5-4-8(3)6(2)7-5;2*1-4-5(2)8-6(3)7-4;;;;;;;/h5H,1-4H3;3*4H,1-3H3;2*1-3H3;7*1H4. The summed E-state index contributed by atoms with van der Waals surface area (Å²) in [4.78, 5) is 16.6. The molecule has 6 aromatic heterocycles. The van der Waals surface area contributed by atoms with Crippen LogP contribution in [0.5, 0.6) is 0 Å². The summed E-state index contributed by atoms with van der Waals surface area (Å²) in [6.45, 7) is 34.7. The number of hydrogen-bond donors (Lipinski definition) is 0. The fourth-order valence-electron chi connectivity index (χ4n) is 4.56. The number of rotatable bonds is 0.